The minimum Gasteiger partial charge on any atom is -0.389 e. The second-order valence-electron chi connectivity index (χ2n) is 5.49. The molecule has 102 valence electrons. The van der Waals surface area contributed by atoms with Gasteiger partial charge in [0.25, 0.3) is 0 Å². The van der Waals surface area contributed by atoms with Crippen LogP contribution in [0.25, 0.3) is 11.0 Å². The molecule has 0 aliphatic carbocycles. The van der Waals surface area contributed by atoms with E-state index in [9.17, 15) is 5.11 Å². The van der Waals surface area contributed by atoms with Gasteiger partial charge in [0.15, 0.2) is 0 Å². The van der Waals surface area contributed by atoms with Gasteiger partial charge in [-0.2, -0.15) is 11.8 Å². The SMILES string of the molecule is CCn1c(CC2(O)CSC(C)C2)nc2ccccc21. The summed E-state index contributed by atoms with van der Waals surface area (Å²) in [6.07, 6.45) is 1.53. The maximum Gasteiger partial charge on any atom is 0.112 e. The minimum atomic E-state index is -0.585. The van der Waals surface area contributed by atoms with E-state index >= 15 is 0 Å². The monoisotopic (exact) mass is 276 g/mol. The van der Waals surface area contributed by atoms with E-state index in [2.05, 4.69) is 24.5 Å². The Morgan fingerprint density at radius 1 is 1.47 bits per heavy atom. The Balaban J connectivity index is 1.96. The summed E-state index contributed by atoms with van der Waals surface area (Å²) in [5.41, 5.74) is 1.61. The minimum absolute atomic E-state index is 0.546. The van der Waals surface area contributed by atoms with Crippen molar-refractivity contribution in [2.75, 3.05) is 5.75 Å². The molecule has 2 unspecified atom stereocenters. The van der Waals surface area contributed by atoms with E-state index in [1.807, 2.05) is 30.0 Å². The summed E-state index contributed by atoms with van der Waals surface area (Å²) in [6.45, 7) is 5.22. The first kappa shape index (κ1) is 13.0. The number of aryl methyl sites for hydroxylation is 1. The van der Waals surface area contributed by atoms with Crippen molar-refractivity contribution in [1.29, 1.82) is 0 Å². The predicted octanol–water partition coefficient (Wildman–Crippen LogP) is 2.86. The molecule has 1 aromatic carbocycles. The summed E-state index contributed by atoms with van der Waals surface area (Å²) >= 11 is 1.86. The molecule has 0 radical (unpaired) electrons. The summed E-state index contributed by atoms with van der Waals surface area (Å²) in [4.78, 5) is 4.71. The predicted molar refractivity (Wildman–Crippen MR) is 80.6 cm³/mol. The van der Waals surface area contributed by atoms with Crippen LogP contribution in [0.1, 0.15) is 26.1 Å². The van der Waals surface area contributed by atoms with Gasteiger partial charge in [0.05, 0.1) is 16.6 Å². The van der Waals surface area contributed by atoms with Crippen LogP contribution in [0.3, 0.4) is 0 Å². The lowest BCUT2D eigenvalue weighted by Crippen LogP contribution is -2.32. The molecule has 1 aromatic heterocycles. The largest absolute Gasteiger partial charge is 0.389 e. The number of hydrogen-bond donors (Lipinski definition) is 1. The number of nitrogens with zero attached hydrogens (tertiary/aromatic N) is 2. The fourth-order valence-electron chi connectivity index (χ4n) is 2.98. The molecule has 3 nitrogen and oxygen atoms in total. The van der Waals surface area contributed by atoms with Gasteiger partial charge in [-0.05, 0) is 25.5 Å². The molecule has 2 aromatic rings. The zero-order valence-electron chi connectivity index (χ0n) is 11.5. The van der Waals surface area contributed by atoms with E-state index in [0.29, 0.717) is 11.7 Å². The van der Waals surface area contributed by atoms with E-state index in [1.165, 1.54) is 5.52 Å². The normalized spacial score (nSPS) is 27.2. The Hall–Kier alpha value is -1.00. The summed E-state index contributed by atoms with van der Waals surface area (Å²) in [6, 6.07) is 8.20. The van der Waals surface area contributed by atoms with Crippen molar-refractivity contribution < 1.29 is 5.11 Å². The third-order valence-electron chi connectivity index (χ3n) is 3.84. The molecular formula is C15H20N2OS. The van der Waals surface area contributed by atoms with Crippen LogP contribution in [-0.2, 0) is 13.0 Å². The summed E-state index contributed by atoms with van der Waals surface area (Å²) in [5, 5.41) is 11.2. The molecule has 0 spiro atoms. The molecule has 0 bridgehead atoms. The van der Waals surface area contributed by atoms with Crippen molar-refractivity contribution in [2.24, 2.45) is 0 Å². The third-order valence-corrected chi connectivity index (χ3v) is 5.28. The first-order valence-corrected chi connectivity index (χ1v) is 7.94. The van der Waals surface area contributed by atoms with E-state index in [-0.39, 0.29) is 0 Å². The molecule has 3 rings (SSSR count). The molecule has 4 heteroatoms. The van der Waals surface area contributed by atoms with Gasteiger partial charge in [0, 0.05) is 24.0 Å². The number of fused-ring (bicyclic) bond motifs is 1. The first-order valence-electron chi connectivity index (χ1n) is 6.89. The average Bonchev–Trinajstić information content (AvgIpc) is 2.89. The highest BCUT2D eigenvalue weighted by Gasteiger charge is 2.37. The van der Waals surface area contributed by atoms with Crippen molar-refractivity contribution in [1.82, 2.24) is 9.55 Å². The molecule has 0 saturated carbocycles. The van der Waals surface area contributed by atoms with Gasteiger partial charge in [-0.3, -0.25) is 0 Å². The van der Waals surface area contributed by atoms with E-state index in [0.717, 1.165) is 30.1 Å². The molecule has 0 amide bonds. The zero-order valence-corrected chi connectivity index (χ0v) is 12.3. The van der Waals surface area contributed by atoms with Gasteiger partial charge in [-0.15, -0.1) is 0 Å². The van der Waals surface area contributed by atoms with Crippen LogP contribution >= 0.6 is 11.8 Å². The molecular weight excluding hydrogens is 256 g/mol. The Morgan fingerprint density at radius 3 is 2.95 bits per heavy atom. The van der Waals surface area contributed by atoms with Crippen LogP contribution in [0.15, 0.2) is 24.3 Å². The van der Waals surface area contributed by atoms with Crippen molar-refractivity contribution in [3.05, 3.63) is 30.1 Å². The van der Waals surface area contributed by atoms with Gasteiger partial charge < -0.3 is 9.67 Å². The standard InChI is InChI=1S/C15H20N2OS/c1-3-17-13-7-5-4-6-12(13)16-14(17)9-15(18)8-11(2)19-10-15/h4-7,11,18H,3,8-10H2,1-2H3. The number of para-hydroxylation sites is 2. The Kier molecular flexibility index (Phi) is 3.31. The van der Waals surface area contributed by atoms with Crippen LogP contribution in [0.5, 0.6) is 0 Å². The lowest BCUT2D eigenvalue weighted by atomic mass is 9.96. The first-order chi connectivity index (χ1) is 9.11. The second kappa shape index (κ2) is 4.84. The lowest BCUT2D eigenvalue weighted by molar-refractivity contribution is 0.0614. The zero-order chi connectivity index (χ0) is 13.5. The van der Waals surface area contributed by atoms with E-state index < -0.39 is 5.60 Å². The molecule has 1 fully saturated rings. The fraction of sp³-hybridized carbons (Fsp3) is 0.533. The molecule has 1 aliphatic heterocycles. The highest BCUT2D eigenvalue weighted by molar-refractivity contribution is 8.00. The molecule has 2 atom stereocenters. The molecule has 2 heterocycles. The highest BCUT2D eigenvalue weighted by atomic mass is 32.2. The van der Waals surface area contributed by atoms with E-state index in [4.69, 9.17) is 4.98 Å². The number of benzene rings is 1. The number of hydrogen-bond acceptors (Lipinski definition) is 3. The number of thioether (sulfide) groups is 1. The topological polar surface area (TPSA) is 38.0 Å². The van der Waals surface area contributed by atoms with Gasteiger partial charge in [-0.25, -0.2) is 4.98 Å². The van der Waals surface area contributed by atoms with Crippen LogP contribution in [0, 0.1) is 0 Å². The summed E-state index contributed by atoms with van der Waals surface area (Å²) < 4.78 is 2.22. The number of aliphatic hydroxyl groups is 1. The Labute approximate surface area is 118 Å². The quantitative estimate of drug-likeness (QED) is 0.937. The van der Waals surface area contributed by atoms with Crippen LogP contribution < -0.4 is 0 Å². The Morgan fingerprint density at radius 2 is 2.26 bits per heavy atom. The number of aromatic nitrogens is 2. The number of rotatable bonds is 3. The van der Waals surface area contributed by atoms with Crippen LogP contribution in [0.2, 0.25) is 0 Å². The molecule has 1 aliphatic rings. The molecule has 1 N–H and O–H groups in total. The third kappa shape index (κ3) is 2.39. The molecule has 19 heavy (non-hydrogen) atoms. The van der Waals surface area contributed by atoms with Gasteiger partial charge in [-0.1, -0.05) is 19.1 Å². The van der Waals surface area contributed by atoms with Gasteiger partial charge >= 0.3 is 0 Å². The van der Waals surface area contributed by atoms with Gasteiger partial charge in [0.1, 0.15) is 5.82 Å². The second-order valence-corrected chi connectivity index (χ2v) is 6.91. The lowest BCUT2D eigenvalue weighted by Gasteiger charge is -2.21. The maximum atomic E-state index is 10.7. The van der Waals surface area contributed by atoms with Crippen molar-refractivity contribution >= 4 is 22.8 Å². The maximum absolute atomic E-state index is 10.7. The Bertz CT molecular complexity index is 595. The van der Waals surface area contributed by atoms with E-state index in [1.54, 1.807) is 0 Å². The van der Waals surface area contributed by atoms with Crippen molar-refractivity contribution in [3.63, 3.8) is 0 Å². The van der Waals surface area contributed by atoms with Crippen LogP contribution in [-0.4, -0.2) is 31.3 Å². The van der Waals surface area contributed by atoms with Gasteiger partial charge in [0.2, 0.25) is 0 Å². The van der Waals surface area contributed by atoms with Crippen molar-refractivity contribution in [3.8, 4) is 0 Å². The molecule has 1 saturated heterocycles. The highest BCUT2D eigenvalue weighted by Crippen LogP contribution is 2.36. The summed E-state index contributed by atoms with van der Waals surface area (Å²) in [5.74, 6) is 1.84. The average molecular weight is 276 g/mol. The van der Waals surface area contributed by atoms with Crippen molar-refractivity contribution in [2.45, 2.75) is 44.1 Å². The smallest absolute Gasteiger partial charge is 0.112 e. The summed E-state index contributed by atoms with van der Waals surface area (Å²) in [7, 11) is 0. The fourth-order valence-corrected chi connectivity index (χ4v) is 4.22. The van der Waals surface area contributed by atoms with Crippen LogP contribution in [0.4, 0.5) is 0 Å². The number of imidazole rings is 1.